The number of para-hydroxylation sites is 1. The largest absolute Gasteiger partial charge is 0.350 e. The third-order valence-corrected chi connectivity index (χ3v) is 5.26. The zero-order valence-electron chi connectivity index (χ0n) is 16.6. The first kappa shape index (κ1) is 19.3. The monoisotopic (exact) mass is 394 g/mol. The van der Waals surface area contributed by atoms with E-state index in [0.29, 0.717) is 18.2 Å². The third kappa shape index (κ3) is 4.68. The molecule has 0 spiro atoms. The lowest BCUT2D eigenvalue weighted by Crippen LogP contribution is -2.41. The predicted molar refractivity (Wildman–Crippen MR) is 107 cm³/mol. The lowest BCUT2D eigenvalue weighted by molar-refractivity contribution is 0.0924. The first-order valence-corrected chi connectivity index (χ1v) is 10.1. The Morgan fingerprint density at radius 2 is 2.14 bits per heavy atom. The van der Waals surface area contributed by atoms with Crippen LogP contribution in [0.4, 0.5) is 0 Å². The van der Waals surface area contributed by atoms with Gasteiger partial charge in [-0.25, -0.2) is 14.3 Å². The molecule has 1 fully saturated rings. The molecule has 0 aliphatic carbocycles. The number of aryl methyl sites for hydroxylation is 1. The molecular weight excluding hydrogens is 368 g/mol. The number of carbonyl (C=O) groups excluding carboxylic acids is 1. The minimum atomic E-state index is -0.185. The summed E-state index contributed by atoms with van der Waals surface area (Å²) in [5.41, 5.74) is 1.21. The van der Waals surface area contributed by atoms with Crippen LogP contribution in [-0.2, 0) is 13.1 Å². The molecule has 1 unspecified atom stereocenters. The van der Waals surface area contributed by atoms with E-state index in [1.165, 1.54) is 0 Å². The second-order valence-electron chi connectivity index (χ2n) is 7.33. The van der Waals surface area contributed by atoms with Crippen LogP contribution in [0.2, 0.25) is 0 Å². The number of piperidine rings is 1. The maximum Gasteiger partial charge on any atom is 0.273 e. The second kappa shape index (κ2) is 8.95. The standard InChI is InChI=1S/C20H26N8O/c1-2-27-19(22-15-23-27)14-26-10-6-7-16(12-26)11-21-20(29)18-13-28(25-24-18)17-8-4-3-5-9-17/h3-5,8-9,13,15-16H,2,6-7,10-12,14H2,1H3,(H,21,29). The minimum Gasteiger partial charge on any atom is -0.350 e. The molecule has 2 aromatic heterocycles. The zero-order valence-corrected chi connectivity index (χ0v) is 16.6. The first-order chi connectivity index (χ1) is 14.2. The van der Waals surface area contributed by atoms with Crippen LogP contribution in [-0.4, -0.2) is 60.2 Å². The summed E-state index contributed by atoms with van der Waals surface area (Å²) in [6, 6.07) is 9.63. The van der Waals surface area contributed by atoms with Crippen LogP contribution in [0.3, 0.4) is 0 Å². The molecule has 9 nitrogen and oxygen atoms in total. The highest BCUT2D eigenvalue weighted by molar-refractivity contribution is 5.91. The van der Waals surface area contributed by atoms with Crippen LogP contribution in [0.15, 0.2) is 42.9 Å². The quantitative estimate of drug-likeness (QED) is 0.653. The number of benzene rings is 1. The fourth-order valence-electron chi connectivity index (χ4n) is 3.74. The molecule has 3 aromatic rings. The van der Waals surface area contributed by atoms with E-state index < -0.39 is 0 Å². The van der Waals surface area contributed by atoms with E-state index in [1.807, 2.05) is 35.0 Å². The van der Waals surface area contributed by atoms with Crippen molar-refractivity contribution in [1.29, 1.82) is 0 Å². The van der Waals surface area contributed by atoms with Crippen LogP contribution < -0.4 is 5.32 Å². The van der Waals surface area contributed by atoms with E-state index in [2.05, 4.69) is 37.5 Å². The molecule has 1 aliphatic heterocycles. The van der Waals surface area contributed by atoms with E-state index >= 15 is 0 Å². The van der Waals surface area contributed by atoms with E-state index in [0.717, 1.165) is 50.5 Å². The molecule has 0 radical (unpaired) electrons. The van der Waals surface area contributed by atoms with Gasteiger partial charge in [0.25, 0.3) is 5.91 Å². The van der Waals surface area contributed by atoms with Gasteiger partial charge in [0.2, 0.25) is 0 Å². The average molecular weight is 394 g/mol. The first-order valence-electron chi connectivity index (χ1n) is 10.1. The highest BCUT2D eigenvalue weighted by Crippen LogP contribution is 2.17. The maximum absolute atomic E-state index is 12.5. The van der Waals surface area contributed by atoms with Gasteiger partial charge in [0, 0.05) is 19.6 Å². The van der Waals surface area contributed by atoms with Crippen molar-refractivity contribution < 1.29 is 4.79 Å². The summed E-state index contributed by atoms with van der Waals surface area (Å²) in [5.74, 6) is 1.22. The number of hydrogen-bond donors (Lipinski definition) is 1. The van der Waals surface area contributed by atoms with Crippen molar-refractivity contribution in [2.24, 2.45) is 5.92 Å². The summed E-state index contributed by atoms with van der Waals surface area (Å²) in [5, 5.41) is 15.3. The van der Waals surface area contributed by atoms with E-state index in [9.17, 15) is 4.79 Å². The van der Waals surface area contributed by atoms with Gasteiger partial charge in [0.1, 0.15) is 12.2 Å². The van der Waals surface area contributed by atoms with Crippen molar-refractivity contribution in [2.75, 3.05) is 19.6 Å². The molecule has 3 heterocycles. The topological polar surface area (TPSA) is 93.8 Å². The minimum absolute atomic E-state index is 0.185. The average Bonchev–Trinajstić information content (AvgIpc) is 3.42. The fraction of sp³-hybridized carbons (Fsp3) is 0.450. The normalized spacial score (nSPS) is 17.3. The van der Waals surface area contributed by atoms with Crippen molar-refractivity contribution in [2.45, 2.75) is 32.9 Å². The number of nitrogens with one attached hydrogen (secondary N) is 1. The number of hydrogen-bond acceptors (Lipinski definition) is 6. The highest BCUT2D eigenvalue weighted by Gasteiger charge is 2.22. The van der Waals surface area contributed by atoms with E-state index in [4.69, 9.17) is 0 Å². The van der Waals surface area contributed by atoms with Crippen LogP contribution in [0.25, 0.3) is 5.69 Å². The van der Waals surface area contributed by atoms with Gasteiger partial charge in [-0.1, -0.05) is 23.4 Å². The molecule has 1 aromatic carbocycles. The molecule has 1 N–H and O–H groups in total. The molecule has 0 saturated carbocycles. The number of rotatable bonds is 7. The van der Waals surface area contributed by atoms with Gasteiger partial charge < -0.3 is 5.32 Å². The molecule has 1 amide bonds. The molecule has 4 rings (SSSR count). The summed E-state index contributed by atoms with van der Waals surface area (Å²) in [6.45, 7) is 6.31. The smallest absolute Gasteiger partial charge is 0.273 e. The van der Waals surface area contributed by atoms with Gasteiger partial charge in [-0.3, -0.25) is 9.69 Å². The highest BCUT2D eigenvalue weighted by atomic mass is 16.2. The molecule has 152 valence electrons. The van der Waals surface area contributed by atoms with Gasteiger partial charge in [0.15, 0.2) is 5.69 Å². The Bertz CT molecular complexity index is 935. The molecule has 0 bridgehead atoms. The van der Waals surface area contributed by atoms with Crippen LogP contribution in [0.5, 0.6) is 0 Å². The zero-order chi connectivity index (χ0) is 20.1. The number of aromatic nitrogens is 6. The van der Waals surface area contributed by atoms with Gasteiger partial charge in [0.05, 0.1) is 18.4 Å². The summed E-state index contributed by atoms with van der Waals surface area (Å²) in [4.78, 5) is 19.3. The fourth-order valence-corrected chi connectivity index (χ4v) is 3.74. The maximum atomic E-state index is 12.5. The number of likely N-dealkylation sites (tertiary alicyclic amines) is 1. The Morgan fingerprint density at radius 1 is 1.28 bits per heavy atom. The van der Waals surface area contributed by atoms with Gasteiger partial charge in [-0.2, -0.15) is 5.10 Å². The van der Waals surface area contributed by atoms with Crippen LogP contribution in [0, 0.1) is 5.92 Å². The lowest BCUT2D eigenvalue weighted by atomic mass is 9.98. The SMILES string of the molecule is CCn1ncnc1CN1CCCC(CNC(=O)c2cn(-c3ccccc3)nn2)C1. The Hall–Kier alpha value is -3.07. The Labute approximate surface area is 169 Å². The van der Waals surface area contributed by atoms with Gasteiger partial charge in [-0.15, -0.1) is 5.10 Å². The van der Waals surface area contributed by atoms with Crippen molar-refractivity contribution in [3.05, 3.63) is 54.4 Å². The number of amides is 1. The second-order valence-corrected chi connectivity index (χ2v) is 7.33. The molecule has 9 heteroatoms. The van der Waals surface area contributed by atoms with Gasteiger partial charge in [-0.05, 0) is 44.4 Å². The Balaban J connectivity index is 1.29. The Morgan fingerprint density at radius 3 is 2.97 bits per heavy atom. The van der Waals surface area contributed by atoms with Crippen molar-refractivity contribution >= 4 is 5.91 Å². The number of nitrogens with zero attached hydrogens (tertiary/aromatic N) is 7. The Kier molecular flexibility index (Phi) is 5.95. The van der Waals surface area contributed by atoms with E-state index in [-0.39, 0.29) is 5.91 Å². The summed E-state index contributed by atoms with van der Waals surface area (Å²) >= 11 is 0. The predicted octanol–water partition coefficient (Wildman–Crippen LogP) is 1.52. The van der Waals surface area contributed by atoms with Crippen LogP contribution in [0.1, 0.15) is 36.1 Å². The molecule has 1 saturated heterocycles. The summed E-state index contributed by atoms with van der Waals surface area (Å²) in [7, 11) is 0. The van der Waals surface area contributed by atoms with Crippen molar-refractivity contribution in [1.82, 2.24) is 40.0 Å². The van der Waals surface area contributed by atoms with E-state index in [1.54, 1.807) is 17.2 Å². The lowest BCUT2D eigenvalue weighted by Gasteiger charge is -2.32. The van der Waals surface area contributed by atoms with Crippen molar-refractivity contribution in [3.8, 4) is 5.69 Å². The van der Waals surface area contributed by atoms with Crippen molar-refractivity contribution in [3.63, 3.8) is 0 Å². The summed E-state index contributed by atoms with van der Waals surface area (Å²) < 4.78 is 3.54. The molecule has 1 atom stereocenters. The summed E-state index contributed by atoms with van der Waals surface area (Å²) in [6.07, 6.45) is 5.50. The number of carbonyl (C=O) groups is 1. The molecule has 1 aliphatic rings. The van der Waals surface area contributed by atoms with Gasteiger partial charge >= 0.3 is 0 Å². The van der Waals surface area contributed by atoms with Crippen LogP contribution >= 0.6 is 0 Å². The third-order valence-electron chi connectivity index (χ3n) is 5.26. The molecular formula is C20H26N8O. The molecule has 29 heavy (non-hydrogen) atoms.